The Balaban J connectivity index is 1.92. The van der Waals surface area contributed by atoms with E-state index in [1.165, 1.54) is 12.1 Å². The molecule has 5 nitrogen and oxygen atoms in total. The highest BCUT2D eigenvalue weighted by atomic mass is 31.2. The fraction of sp³-hybridized carbons (Fsp3) is 0.250. The molecule has 1 N–H and O–H groups in total. The van der Waals surface area contributed by atoms with Gasteiger partial charge in [-0.05, 0) is 55.3 Å². The number of fused-ring (bicyclic) bond motifs is 2. The molecule has 2 heterocycles. The van der Waals surface area contributed by atoms with Crippen LogP contribution in [-0.4, -0.2) is 41.8 Å². The second-order valence-electron chi connectivity index (χ2n) is 10.1. The van der Waals surface area contributed by atoms with Crippen molar-refractivity contribution in [3.05, 3.63) is 78.4 Å². The molecule has 0 aliphatic carbocycles. The summed E-state index contributed by atoms with van der Waals surface area (Å²) in [4.78, 5) is 0. The average Bonchev–Trinajstić information content (AvgIpc) is 3.40. The van der Waals surface area contributed by atoms with Crippen LogP contribution in [-0.2, 0) is 14.7 Å². The topological polar surface area (TPSA) is 59.9 Å². The first-order chi connectivity index (χ1) is 16.6. The number of ether oxygens (including phenoxy) is 1. The van der Waals surface area contributed by atoms with Crippen LogP contribution in [0.3, 0.4) is 0 Å². The fourth-order valence-electron chi connectivity index (χ4n) is 4.93. The van der Waals surface area contributed by atoms with Crippen LogP contribution in [0.5, 0.6) is 0 Å². The molecule has 0 aliphatic rings. The molecular weight excluding hydrogens is 460 g/mol. The Kier molecular flexibility index (Phi) is 5.70. The molecule has 0 unspecified atom stereocenters. The summed E-state index contributed by atoms with van der Waals surface area (Å²) in [5.41, 5.74) is 5.57. The lowest BCUT2D eigenvalue weighted by Gasteiger charge is -2.28. The van der Waals surface area contributed by atoms with Gasteiger partial charge in [0.2, 0.25) is 0 Å². The molecule has 0 aliphatic heterocycles. The maximum atomic E-state index is 13.9. The van der Waals surface area contributed by atoms with Crippen molar-refractivity contribution in [3.63, 3.8) is 0 Å². The van der Waals surface area contributed by atoms with Crippen molar-refractivity contribution in [1.29, 1.82) is 0 Å². The minimum absolute atomic E-state index is 0.278. The first-order valence-corrected chi connectivity index (χ1v) is 14.1. The largest absolute Gasteiger partial charge is 0.384 e. The van der Waals surface area contributed by atoms with Crippen LogP contribution < -0.4 is 5.30 Å². The first kappa shape index (κ1) is 23.5. The van der Waals surface area contributed by atoms with Crippen molar-refractivity contribution in [3.8, 4) is 16.8 Å². The van der Waals surface area contributed by atoms with Gasteiger partial charge in [-0.3, -0.25) is 5.10 Å². The summed E-state index contributed by atoms with van der Waals surface area (Å²) in [5, 5.41) is 10.2. The second-order valence-corrected chi connectivity index (χ2v) is 13.3. The number of hydrogen-bond acceptors (Lipinski definition) is 3. The van der Waals surface area contributed by atoms with E-state index in [0.29, 0.717) is 6.61 Å². The number of halogens is 1. The van der Waals surface area contributed by atoms with E-state index >= 15 is 0 Å². The predicted octanol–water partition coefficient (Wildman–Crippen LogP) is 6.48. The van der Waals surface area contributed by atoms with E-state index in [0.717, 1.165) is 49.6 Å². The third-order valence-corrected chi connectivity index (χ3v) is 8.08. The molecule has 0 fully saturated rings. The fourth-order valence-corrected chi connectivity index (χ4v) is 5.80. The molecular formula is C28H29FN3O2P. The van der Waals surface area contributed by atoms with Gasteiger partial charge in [-0.25, -0.2) is 4.39 Å². The number of nitrogens with one attached hydrogen (secondary N) is 1. The average molecular weight is 490 g/mol. The minimum Gasteiger partial charge on any atom is -0.384 e. The van der Waals surface area contributed by atoms with Crippen molar-refractivity contribution in [1.82, 2.24) is 14.8 Å². The Bertz CT molecular complexity index is 1580. The van der Waals surface area contributed by atoms with Gasteiger partial charge in [-0.1, -0.05) is 38.1 Å². The molecule has 5 aromatic rings. The molecule has 180 valence electrons. The third kappa shape index (κ3) is 4.11. The Hall–Kier alpha value is -3.21. The van der Waals surface area contributed by atoms with Gasteiger partial charge in [0.15, 0.2) is 0 Å². The highest BCUT2D eigenvalue weighted by Crippen LogP contribution is 2.44. The maximum absolute atomic E-state index is 13.9. The van der Waals surface area contributed by atoms with Crippen LogP contribution in [0.4, 0.5) is 4.39 Å². The zero-order valence-electron chi connectivity index (χ0n) is 20.6. The number of aromatic nitrogens is 3. The van der Waals surface area contributed by atoms with Crippen LogP contribution in [0.25, 0.3) is 38.6 Å². The zero-order valence-corrected chi connectivity index (χ0v) is 21.5. The normalized spacial score (nSPS) is 12.6. The number of nitrogens with zero attached hydrogens (tertiary/aromatic N) is 2. The molecule has 7 heteroatoms. The number of benzene rings is 3. The molecule has 5 rings (SSSR count). The Labute approximate surface area is 204 Å². The molecule has 0 saturated carbocycles. The Morgan fingerprint density at radius 1 is 1.06 bits per heavy atom. The van der Waals surface area contributed by atoms with E-state index in [1.54, 1.807) is 32.6 Å². The Morgan fingerprint density at radius 3 is 2.37 bits per heavy atom. The summed E-state index contributed by atoms with van der Waals surface area (Å²) < 4.78 is 34.4. The molecule has 0 bridgehead atoms. The van der Waals surface area contributed by atoms with Crippen molar-refractivity contribution >= 4 is 34.3 Å². The predicted molar refractivity (Wildman–Crippen MR) is 142 cm³/mol. The van der Waals surface area contributed by atoms with E-state index in [4.69, 9.17) is 4.74 Å². The smallest absolute Gasteiger partial charge is 0.123 e. The molecule has 0 radical (unpaired) electrons. The number of H-pyrrole nitrogens is 1. The van der Waals surface area contributed by atoms with Gasteiger partial charge in [-0.2, -0.15) is 5.10 Å². The quantitative estimate of drug-likeness (QED) is 0.278. The van der Waals surface area contributed by atoms with E-state index in [9.17, 15) is 8.96 Å². The van der Waals surface area contributed by atoms with Crippen LogP contribution in [0.15, 0.2) is 66.9 Å². The monoisotopic (exact) mass is 489 g/mol. The molecule has 0 atom stereocenters. The molecule has 35 heavy (non-hydrogen) atoms. The van der Waals surface area contributed by atoms with Gasteiger partial charge in [0.05, 0.1) is 23.8 Å². The van der Waals surface area contributed by atoms with E-state index in [1.807, 2.05) is 30.5 Å². The van der Waals surface area contributed by atoms with Gasteiger partial charge in [-0.15, -0.1) is 0 Å². The summed E-state index contributed by atoms with van der Waals surface area (Å²) in [5.74, 6) is -0.278. The lowest BCUT2D eigenvalue weighted by Crippen LogP contribution is -2.27. The van der Waals surface area contributed by atoms with Crippen molar-refractivity contribution < 1.29 is 13.7 Å². The first-order valence-electron chi connectivity index (χ1n) is 11.5. The van der Waals surface area contributed by atoms with E-state index < -0.39 is 7.14 Å². The molecule has 2 aromatic heterocycles. The maximum Gasteiger partial charge on any atom is 0.123 e. The van der Waals surface area contributed by atoms with Crippen LogP contribution in [0, 0.1) is 5.82 Å². The van der Waals surface area contributed by atoms with Gasteiger partial charge in [0, 0.05) is 45.5 Å². The van der Waals surface area contributed by atoms with Crippen LogP contribution in [0.1, 0.15) is 19.5 Å². The molecule has 0 spiro atoms. The van der Waals surface area contributed by atoms with Crippen LogP contribution >= 0.6 is 7.14 Å². The van der Waals surface area contributed by atoms with Gasteiger partial charge in [0.1, 0.15) is 13.0 Å². The van der Waals surface area contributed by atoms with E-state index in [-0.39, 0.29) is 11.2 Å². The summed E-state index contributed by atoms with van der Waals surface area (Å²) in [6.45, 7) is 8.37. The SMILES string of the molecule is COCC(C)(C)c1c(-c2ccc(P(C)(C)=O)cc2)c2cc3[nH]ncc3cc2n1-c1ccc(F)cc1. The standard InChI is InChI=1S/C28H29FN3O2P/c1-28(2,17-34-3)27-26(18-6-12-22(13-7-18)35(4,5)33)23-15-24-19(16-30-31-24)14-25(23)32(27)21-10-8-20(29)9-11-21/h6-16H,17H2,1-5H3,(H,30,31). The highest BCUT2D eigenvalue weighted by molar-refractivity contribution is 7.70. The van der Waals surface area contributed by atoms with Gasteiger partial charge in [0.25, 0.3) is 0 Å². The number of aromatic amines is 1. The van der Waals surface area contributed by atoms with Crippen molar-refractivity contribution in [2.75, 3.05) is 27.0 Å². The lowest BCUT2D eigenvalue weighted by molar-refractivity contribution is 0.144. The third-order valence-electron chi connectivity index (χ3n) is 6.54. The van der Waals surface area contributed by atoms with E-state index in [2.05, 4.69) is 40.7 Å². The summed E-state index contributed by atoms with van der Waals surface area (Å²) in [6, 6.07) is 18.8. The minimum atomic E-state index is -2.38. The Morgan fingerprint density at radius 2 is 1.74 bits per heavy atom. The number of hydrogen-bond donors (Lipinski definition) is 1. The molecule has 0 saturated heterocycles. The van der Waals surface area contributed by atoms with Crippen molar-refractivity contribution in [2.45, 2.75) is 19.3 Å². The van der Waals surface area contributed by atoms with Crippen LogP contribution in [0.2, 0.25) is 0 Å². The summed E-state index contributed by atoms with van der Waals surface area (Å²) >= 11 is 0. The van der Waals surface area contributed by atoms with Gasteiger partial charge < -0.3 is 13.9 Å². The lowest BCUT2D eigenvalue weighted by atomic mass is 9.84. The van der Waals surface area contributed by atoms with Gasteiger partial charge >= 0.3 is 0 Å². The van der Waals surface area contributed by atoms with Crippen molar-refractivity contribution in [2.24, 2.45) is 0 Å². The number of methoxy groups -OCH3 is 1. The zero-order chi connectivity index (χ0) is 25.0. The molecule has 0 amide bonds. The molecule has 3 aromatic carbocycles. The summed E-state index contributed by atoms with van der Waals surface area (Å²) in [7, 11) is -0.674. The second kappa shape index (κ2) is 8.47. The number of rotatable bonds is 6. The summed E-state index contributed by atoms with van der Waals surface area (Å²) in [6.07, 6.45) is 1.81. The highest BCUT2D eigenvalue weighted by Gasteiger charge is 2.32.